The molecule has 1 aromatic carbocycles. The first kappa shape index (κ1) is 21.0. The van der Waals surface area contributed by atoms with Crippen molar-refractivity contribution in [3.8, 4) is 0 Å². The first-order chi connectivity index (χ1) is 14.3. The number of anilines is 1. The van der Waals surface area contributed by atoms with E-state index in [4.69, 9.17) is 16.3 Å². The second kappa shape index (κ2) is 8.50. The molecule has 0 saturated heterocycles. The standard InChI is InChI=1S/C23H31ClN4O2/c1-23(2,3)30-22(29)28-13-18-19(14-28)26-21(24)27-20(18)25-17-11-9-16(10-12-17)15-7-5-4-6-8-15/h9-12,15,21,26H,4-8,13-14H2,1-3H3,(H,25,27). The van der Waals surface area contributed by atoms with E-state index in [1.165, 1.54) is 37.7 Å². The zero-order valence-electron chi connectivity index (χ0n) is 18.0. The van der Waals surface area contributed by atoms with E-state index in [1.54, 1.807) is 4.90 Å². The van der Waals surface area contributed by atoms with Crippen molar-refractivity contribution in [2.75, 3.05) is 18.4 Å². The van der Waals surface area contributed by atoms with Gasteiger partial charge in [0.05, 0.1) is 13.1 Å². The zero-order chi connectivity index (χ0) is 21.3. The molecule has 0 aromatic heterocycles. The Kier molecular flexibility index (Phi) is 5.96. The summed E-state index contributed by atoms with van der Waals surface area (Å²) in [7, 11) is 0. The van der Waals surface area contributed by atoms with Gasteiger partial charge in [0.25, 0.3) is 0 Å². The molecule has 4 rings (SSSR count). The monoisotopic (exact) mass is 430 g/mol. The maximum absolute atomic E-state index is 12.5. The average molecular weight is 431 g/mol. The van der Waals surface area contributed by atoms with E-state index in [0.29, 0.717) is 24.8 Å². The average Bonchev–Trinajstić information content (AvgIpc) is 3.12. The first-order valence-electron chi connectivity index (χ1n) is 10.8. The van der Waals surface area contributed by atoms with Gasteiger partial charge >= 0.3 is 6.09 Å². The van der Waals surface area contributed by atoms with Crippen molar-refractivity contribution in [1.82, 2.24) is 10.2 Å². The molecule has 2 N–H and O–H groups in total. The summed E-state index contributed by atoms with van der Waals surface area (Å²) in [5, 5.41) is 6.57. The topological polar surface area (TPSA) is 66.0 Å². The Hall–Kier alpha value is -2.21. The fourth-order valence-electron chi connectivity index (χ4n) is 4.32. The van der Waals surface area contributed by atoms with Crippen LogP contribution in [0.3, 0.4) is 0 Å². The molecule has 30 heavy (non-hydrogen) atoms. The molecule has 3 aliphatic rings. The summed E-state index contributed by atoms with van der Waals surface area (Å²) < 4.78 is 5.52. The van der Waals surface area contributed by atoms with Gasteiger partial charge in [0.2, 0.25) is 0 Å². The van der Waals surface area contributed by atoms with Gasteiger partial charge in [-0.1, -0.05) is 43.0 Å². The summed E-state index contributed by atoms with van der Waals surface area (Å²) in [6.45, 7) is 6.48. The zero-order valence-corrected chi connectivity index (χ0v) is 18.8. The number of aliphatic imine (C=N–C) groups is 1. The Morgan fingerprint density at radius 1 is 1.17 bits per heavy atom. The highest BCUT2D eigenvalue weighted by molar-refractivity contribution is 6.22. The lowest BCUT2D eigenvalue weighted by atomic mass is 9.84. The highest BCUT2D eigenvalue weighted by atomic mass is 35.5. The molecule has 1 unspecified atom stereocenters. The molecular formula is C23H31ClN4O2. The summed E-state index contributed by atoms with van der Waals surface area (Å²) in [5.74, 6) is 1.39. The van der Waals surface area contributed by atoms with Crippen LogP contribution >= 0.6 is 11.6 Å². The number of ether oxygens (including phenoxy) is 1. The smallest absolute Gasteiger partial charge is 0.410 e. The second-order valence-corrected chi connectivity index (χ2v) is 9.75. The number of amidine groups is 1. The molecule has 1 aliphatic carbocycles. The van der Waals surface area contributed by atoms with Crippen LogP contribution in [0.15, 0.2) is 40.5 Å². The van der Waals surface area contributed by atoms with Gasteiger partial charge in [-0.2, -0.15) is 0 Å². The first-order valence-corrected chi connectivity index (χ1v) is 11.3. The molecule has 1 saturated carbocycles. The van der Waals surface area contributed by atoms with Crippen LogP contribution in [0.25, 0.3) is 0 Å². The van der Waals surface area contributed by atoms with Gasteiger partial charge in [-0.15, -0.1) is 0 Å². The van der Waals surface area contributed by atoms with E-state index in [1.807, 2.05) is 20.8 Å². The summed E-state index contributed by atoms with van der Waals surface area (Å²) >= 11 is 6.30. The summed E-state index contributed by atoms with van der Waals surface area (Å²) in [6, 6.07) is 8.65. The van der Waals surface area contributed by atoms with E-state index >= 15 is 0 Å². The maximum Gasteiger partial charge on any atom is 0.410 e. The van der Waals surface area contributed by atoms with Gasteiger partial charge in [-0.3, -0.25) is 4.90 Å². The molecule has 0 bridgehead atoms. The van der Waals surface area contributed by atoms with Gasteiger partial charge < -0.3 is 15.4 Å². The predicted molar refractivity (Wildman–Crippen MR) is 121 cm³/mol. The molecule has 6 nitrogen and oxygen atoms in total. The highest BCUT2D eigenvalue weighted by Gasteiger charge is 2.34. The summed E-state index contributed by atoms with van der Waals surface area (Å²) in [5.41, 5.74) is 3.16. The van der Waals surface area contributed by atoms with Crippen LogP contribution in [0.2, 0.25) is 0 Å². The number of halogens is 1. The van der Waals surface area contributed by atoms with Gasteiger partial charge in [0.1, 0.15) is 11.4 Å². The molecule has 0 spiro atoms. The molecule has 2 heterocycles. The molecule has 1 atom stereocenters. The molecule has 1 fully saturated rings. The van der Waals surface area contributed by atoms with Crippen LogP contribution in [0, 0.1) is 0 Å². The largest absolute Gasteiger partial charge is 0.444 e. The molecule has 7 heteroatoms. The lowest BCUT2D eigenvalue weighted by molar-refractivity contribution is 0.0299. The molecule has 1 amide bonds. The number of hydrogen-bond acceptors (Lipinski definition) is 5. The normalized spacial score (nSPS) is 22.3. The van der Waals surface area contributed by atoms with Crippen molar-refractivity contribution >= 4 is 29.2 Å². The van der Waals surface area contributed by atoms with E-state index in [-0.39, 0.29) is 6.09 Å². The number of alkyl halides is 1. The Bertz CT molecular complexity index is 851. The van der Waals surface area contributed by atoms with Gasteiger partial charge in [-0.05, 0) is 57.2 Å². The van der Waals surface area contributed by atoms with Crippen molar-refractivity contribution in [3.63, 3.8) is 0 Å². The summed E-state index contributed by atoms with van der Waals surface area (Å²) in [4.78, 5) is 18.7. The van der Waals surface area contributed by atoms with Crippen LogP contribution in [0.5, 0.6) is 0 Å². The Morgan fingerprint density at radius 2 is 1.87 bits per heavy atom. The predicted octanol–water partition coefficient (Wildman–Crippen LogP) is 5.18. The number of nitrogens with zero attached hydrogens (tertiary/aromatic N) is 2. The van der Waals surface area contributed by atoms with Crippen LogP contribution < -0.4 is 10.6 Å². The number of hydrogen-bond donors (Lipinski definition) is 2. The lowest BCUT2D eigenvalue weighted by Crippen LogP contribution is -2.36. The number of benzene rings is 1. The number of rotatable bonds is 2. The Labute approximate surface area is 183 Å². The fraction of sp³-hybridized carbons (Fsp3) is 0.565. The SMILES string of the molecule is CC(C)(C)OC(=O)N1CC2=C(C1)C(Nc1ccc(C3CCCCC3)cc1)=NC(Cl)N2. The van der Waals surface area contributed by atoms with E-state index in [9.17, 15) is 4.79 Å². The summed E-state index contributed by atoms with van der Waals surface area (Å²) in [6.07, 6.45) is 6.27. The number of carbonyl (C=O) groups excluding carboxylic acids is 1. The quantitative estimate of drug-likeness (QED) is 0.501. The van der Waals surface area contributed by atoms with E-state index in [0.717, 1.165) is 17.0 Å². The van der Waals surface area contributed by atoms with Crippen LogP contribution in [-0.2, 0) is 4.74 Å². The minimum atomic E-state index is -0.564. The minimum Gasteiger partial charge on any atom is -0.444 e. The van der Waals surface area contributed by atoms with Crippen molar-refractivity contribution in [2.45, 2.75) is 70.0 Å². The second-order valence-electron chi connectivity index (χ2n) is 9.33. The number of amides is 1. The molecule has 1 aromatic rings. The van der Waals surface area contributed by atoms with Crippen molar-refractivity contribution in [2.24, 2.45) is 4.99 Å². The van der Waals surface area contributed by atoms with Crippen LogP contribution in [0.1, 0.15) is 64.4 Å². The fourth-order valence-corrected chi connectivity index (χ4v) is 4.55. The highest BCUT2D eigenvalue weighted by Crippen LogP contribution is 2.33. The van der Waals surface area contributed by atoms with Crippen molar-refractivity contribution in [1.29, 1.82) is 0 Å². The van der Waals surface area contributed by atoms with Gasteiger partial charge in [0, 0.05) is 17.0 Å². The van der Waals surface area contributed by atoms with Crippen LogP contribution in [0.4, 0.5) is 10.5 Å². The van der Waals surface area contributed by atoms with Gasteiger partial charge in [0.15, 0.2) is 5.62 Å². The van der Waals surface area contributed by atoms with E-state index < -0.39 is 11.2 Å². The van der Waals surface area contributed by atoms with E-state index in [2.05, 4.69) is 39.9 Å². The third-order valence-corrected chi connectivity index (χ3v) is 5.99. The minimum absolute atomic E-state index is 0.332. The van der Waals surface area contributed by atoms with Crippen LogP contribution in [-0.4, -0.2) is 41.1 Å². The number of carbonyl (C=O) groups is 1. The third kappa shape index (κ3) is 4.91. The Morgan fingerprint density at radius 3 is 2.53 bits per heavy atom. The van der Waals surface area contributed by atoms with Crippen molar-refractivity contribution in [3.05, 3.63) is 41.1 Å². The van der Waals surface area contributed by atoms with Crippen molar-refractivity contribution < 1.29 is 9.53 Å². The molecular weight excluding hydrogens is 400 g/mol. The number of nitrogens with one attached hydrogen (secondary N) is 2. The maximum atomic E-state index is 12.5. The molecule has 2 aliphatic heterocycles. The lowest BCUT2D eigenvalue weighted by Gasteiger charge is -2.24. The Balaban J connectivity index is 1.44. The third-order valence-electron chi connectivity index (χ3n) is 5.79. The van der Waals surface area contributed by atoms with Gasteiger partial charge in [-0.25, -0.2) is 9.79 Å². The molecule has 162 valence electrons. The molecule has 0 radical (unpaired) electrons.